The molecule has 3 heteroatoms. The van der Waals surface area contributed by atoms with Crippen LogP contribution in [-0.2, 0) is 24.7 Å². The van der Waals surface area contributed by atoms with Gasteiger partial charge in [0.15, 0.2) is 0 Å². The van der Waals surface area contributed by atoms with Gasteiger partial charge in [0.25, 0.3) is 0 Å². The molecule has 1 aromatic heterocycles. The fourth-order valence-electron chi connectivity index (χ4n) is 1.99. The number of hydrogen-bond acceptors (Lipinski definition) is 2. The number of Topliss-reactive ketones (excluding diaryl/α,β-unsaturated/α-hetero) is 1. The van der Waals surface area contributed by atoms with Crippen molar-refractivity contribution in [1.29, 1.82) is 0 Å². The first-order valence-corrected chi connectivity index (χ1v) is 5.66. The van der Waals surface area contributed by atoms with Crippen molar-refractivity contribution in [2.24, 2.45) is 18.9 Å². The Hall–Kier alpha value is -1.12. The quantitative estimate of drug-likeness (QED) is 0.752. The summed E-state index contributed by atoms with van der Waals surface area (Å²) in [6.45, 7) is 4.22. The molecule has 1 aliphatic rings. The maximum absolute atomic E-state index is 11.8. The predicted octanol–water partition coefficient (Wildman–Crippen LogP) is 1.75. The summed E-state index contributed by atoms with van der Waals surface area (Å²) < 4.78 is 1.84. The molecular weight excluding hydrogens is 188 g/mol. The maximum atomic E-state index is 11.8. The lowest BCUT2D eigenvalue weighted by Crippen LogP contribution is -2.09. The third kappa shape index (κ3) is 2.11. The molecule has 0 bridgehead atoms. The molecule has 1 aliphatic carbocycles. The van der Waals surface area contributed by atoms with Crippen molar-refractivity contribution in [2.75, 3.05) is 0 Å². The fraction of sp³-hybridized carbons (Fsp3) is 0.667. The van der Waals surface area contributed by atoms with Crippen molar-refractivity contribution >= 4 is 5.78 Å². The van der Waals surface area contributed by atoms with Gasteiger partial charge < -0.3 is 0 Å². The average Bonchev–Trinajstić information content (AvgIpc) is 2.82. The van der Waals surface area contributed by atoms with E-state index in [1.165, 1.54) is 0 Å². The largest absolute Gasteiger partial charge is 0.299 e. The van der Waals surface area contributed by atoms with E-state index < -0.39 is 0 Å². The number of carbonyl (C=O) groups excluding carboxylic acids is 1. The molecule has 0 N–H and O–H groups in total. The molecule has 1 fully saturated rings. The summed E-state index contributed by atoms with van der Waals surface area (Å²) >= 11 is 0. The van der Waals surface area contributed by atoms with Gasteiger partial charge >= 0.3 is 0 Å². The van der Waals surface area contributed by atoms with Crippen LogP contribution in [0.4, 0.5) is 0 Å². The lowest BCUT2D eigenvalue weighted by atomic mass is 10.1. The van der Waals surface area contributed by atoms with Crippen LogP contribution >= 0.6 is 0 Å². The Kier molecular flexibility index (Phi) is 2.63. The number of ketones is 1. The molecule has 0 amide bonds. The first-order valence-electron chi connectivity index (χ1n) is 5.66. The highest BCUT2D eigenvalue weighted by Crippen LogP contribution is 2.39. The molecule has 82 valence electrons. The van der Waals surface area contributed by atoms with Crippen LogP contribution in [0.1, 0.15) is 31.7 Å². The molecule has 2 unspecified atom stereocenters. The third-order valence-corrected chi connectivity index (χ3v) is 3.27. The van der Waals surface area contributed by atoms with E-state index in [9.17, 15) is 4.79 Å². The van der Waals surface area contributed by atoms with Gasteiger partial charge in [-0.2, -0.15) is 5.10 Å². The SMILES string of the molecule is CCc1cc(CC(=O)C2CC2C)n(C)n1. The number of aryl methyl sites for hydroxylation is 2. The smallest absolute Gasteiger partial charge is 0.142 e. The minimum absolute atomic E-state index is 0.324. The van der Waals surface area contributed by atoms with E-state index in [1.807, 2.05) is 17.8 Å². The van der Waals surface area contributed by atoms with E-state index >= 15 is 0 Å². The third-order valence-electron chi connectivity index (χ3n) is 3.27. The van der Waals surface area contributed by atoms with E-state index in [-0.39, 0.29) is 0 Å². The second-order valence-electron chi connectivity index (χ2n) is 4.57. The lowest BCUT2D eigenvalue weighted by molar-refractivity contribution is -0.119. The van der Waals surface area contributed by atoms with Crippen molar-refractivity contribution in [3.63, 3.8) is 0 Å². The molecule has 0 aromatic carbocycles. The van der Waals surface area contributed by atoms with Gasteiger partial charge in [0.05, 0.1) is 5.69 Å². The molecule has 2 atom stereocenters. The van der Waals surface area contributed by atoms with Gasteiger partial charge in [-0.25, -0.2) is 0 Å². The number of carbonyl (C=O) groups is 1. The van der Waals surface area contributed by atoms with Crippen LogP contribution in [0.25, 0.3) is 0 Å². The van der Waals surface area contributed by atoms with E-state index in [1.54, 1.807) is 0 Å². The number of nitrogens with zero attached hydrogens (tertiary/aromatic N) is 2. The van der Waals surface area contributed by atoms with Crippen LogP contribution < -0.4 is 0 Å². The van der Waals surface area contributed by atoms with Gasteiger partial charge in [-0.3, -0.25) is 9.48 Å². The minimum Gasteiger partial charge on any atom is -0.299 e. The summed E-state index contributed by atoms with van der Waals surface area (Å²) in [5.74, 6) is 1.31. The fourth-order valence-corrected chi connectivity index (χ4v) is 1.99. The van der Waals surface area contributed by atoms with E-state index in [0.717, 1.165) is 24.2 Å². The van der Waals surface area contributed by atoms with Gasteiger partial charge in [-0.05, 0) is 24.8 Å². The Labute approximate surface area is 90.5 Å². The van der Waals surface area contributed by atoms with E-state index in [4.69, 9.17) is 0 Å². The van der Waals surface area contributed by atoms with Gasteiger partial charge in [0.1, 0.15) is 5.78 Å². The second-order valence-corrected chi connectivity index (χ2v) is 4.57. The van der Waals surface area contributed by atoms with Gasteiger partial charge in [-0.15, -0.1) is 0 Å². The zero-order valence-corrected chi connectivity index (χ0v) is 9.66. The summed E-state index contributed by atoms with van der Waals surface area (Å²) in [5, 5.41) is 4.35. The molecule has 1 aromatic rings. The summed E-state index contributed by atoms with van der Waals surface area (Å²) in [6.07, 6.45) is 2.57. The highest BCUT2D eigenvalue weighted by Gasteiger charge is 2.38. The number of aromatic nitrogens is 2. The Balaban J connectivity index is 2.03. The highest BCUT2D eigenvalue weighted by molar-refractivity contribution is 5.85. The molecule has 0 radical (unpaired) electrons. The zero-order chi connectivity index (χ0) is 11.0. The van der Waals surface area contributed by atoms with Crippen LogP contribution in [0.2, 0.25) is 0 Å². The molecule has 0 aliphatic heterocycles. The van der Waals surface area contributed by atoms with Crippen LogP contribution in [0.3, 0.4) is 0 Å². The average molecular weight is 206 g/mol. The minimum atomic E-state index is 0.324. The molecular formula is C12H18N2O. The Morgan fingerprint density at radius 2 is 2.33 bits per heavy atom. The van der Waals surface area contributed by atoms with E-state index in [2.05, 4.69) is 18.9 Å². The summed E-state index contributed by atoms with van der Waals surface area (Å²) in [5.41, 5.74) is 2.13. The second kappa shape index (κ2) is 3.80. The standard InChI is InChI=1S/C12H18N2O/c1-4-9-6-10(14(3)13-9)7-12(15)11-5-8(11)2/h6,8,11H,4-5,7H2,1-3H3. The van der Waals surface area contributed by atoms with Gasteiger partial charge in [0, 0.05) is 25.1 Å². The van der Waals surface area contributed by atoms with Crippen LogP contribution in [0.15, 0.2) is 6.07 Å². The van der Waals surface area contributed by atoms with Crippen molar-refractivity contribution in [2.45, 2.75) is 33.1 Å². The monoisotopic (exact) mass is 206 g/mol. The Morgan fingerprint density at radius 3 is 2.80 bits per heavy atom. The normalized spacial score (nSPS) is 24.2. The topological polar surface area (TPSA) is 34.9 Å². The lowest BCUT2D eigenvalue weighted by Gasteiger charge is -1.99. The van der Waals surface area contributed by atoms with Crippen molar-refractivity contribution in [3.05, 3.63) is 17.5 Å². The van der Waals surface area contributed by atoms with Crippen LogP contribution in [0, 0.1) is 11.8 Å². The Morgan fingerprint density at radius 1 is 1.67 bits per heavy atom. The van der Waals surface area contributed by atoms with Gasteiger partial charge in [-0.1, -0.05) is 13.8 Å². The van der Waals surface area contributed by atoms with Crippen LogP contribution in [0.5, 0.6) is 0 Å². The molecule has 1 heterocycles. The molecule has 15 heavy (non-hydrogen) atoms. The van der Waals surface area contributed by atoms with Crippen molar-refractivity contribution < 1.29 is 4.79 Å². The highest BCUT2D eigenvalue weighted by atomic mass is 16.1. The zero-order valence-electron chi connectivity index (χ0n) is 9.66. The molecule has 3 nitrogen and oxygen atoms in total. The Bertz CT molecular complexity index is 381. The molecule has 1 saturated carbocycles. The first kappa shape index (κ1) is 10.4. The van der Waals surface area contributed by atoms with Crippen LogP contribution in [-0.4, -0.2) is 15.6 Å². The molecule has 0 saturated heterocycles. The summed E-state index contributed by atoms with van der Waals surface area (Å²) in [4.78, 5) is 11.8. The summed E-state index contributed by atoms with van der Waals surface area (Å²) in [6, 6.07) is 2.05. The molecule has 0 spiro atoms. The number of hydrogen-bond donors (Lipinski definition) is 0. The van der Waals surface area contributed by atoms with Crippen molar-refractivity contribution in [1.82, 2.24) is 9.78 Å². The first-order chi connectivity index (χ1) is 7.11. The molecule has 2 rings (SSSR count). The summed E-state index contributed by atoms with van der Waals surface area (Å²) in [7, 11) is 1.91. The maximum Gasteiger partial charge on any atom is 0.142 e. The predicted molar refractivity (Wildman–Crippen MR) is 58.6 cm³/mol. The number of rotatable bonds is 4. The van der Waals surface area contributed by atoms with Crippen molar-refractivity contribution in [3.8, 4) is 0 Å². The van der Waals surface area contributed by atoms with E-state index in [0.29, 0.717) is 24.0 Å². The van der Waals surface area contributed by atoms with Gasteiger partial charge in [0.2, 0.25) is 0 Å².